The van der Waals surface area contributed by atoms with E-state index in [0.717, 1.165) is 35.7 Å². The Balaban J connectivity index is 1.67. The minimum atomic E-state index is -0.732. The highest BCUT2D eigenvalue weighted by Gasteiger charge is 2.51. The second-order valence-corrected chi connectivity index (χ2v) is 8.92. The Morgan fingerprint density at radius 2 is 1.93 bits per heavy atom. The second kappa shape index (κ2) is 9.28. The van der Waals surface area contributed by atoms with Crippen LogP contribution in [-0.2, 0) is 9.59 Å². The quantitative estimate of drug-likeness (QED) is 0.609. The third-order valence-corrected chi connectivity index (χ3v) is 6.83. The molecule has 1 unspecified atom stereocenters. The Morgan fingerprint density at radius 3 is 2.59 bits per heavy atom. The third-order valence-electron chi connectivity index (χ3n) is 6.11. The molecule has 1 aliphatic carbocycles. The Labute approximate surface area is 181 Å². The normalized spacial score (nSPS) is 19.3. The fourth-order valence-electron chi connectivity index (χ4n) is 4.48. The summed E-state index contributed by atoms with van der Waals surface area (Å²) in [6, 6.07) is 7.44. The van der Waals surface area contributed by atoms with Gasteiger partial charge in [-0.2, -0.15) is 0 Å². The van der Waals surface area contributed by atoms with E-state index in [1.165, 1.54) is 4.90 Å². The molecule has 0 radical (unpaired) electrons. The lowest BCUT2D eigenvalue weighted by Gasteiger charge is -2.31. The summed E-state index contributed by atoms with van der Waals surface area (Å²) in [5, 5.41) is 2.91. The molecule has 0 bridgehead atoms. The van der Waals surface area contributed by atoms with E-state index in [1.807, 2.05) is 43.0 Å². The van der Waals surface area contributed by atoms with Gasteiger partial charge in [0.2, 0.25) is 5.91 Å². The molecule has 158 valence electrons. The van der Waals surface area contributed by atoms with Crippen LogP contribution in [0.25, 0.3) is 0 Å². The van der Waals surface area contributed by atoms with Crippen molar-refractivity contribution in [3.8, 4) is 0 Å². The van der Waals surface area contributed by atoms with E-state index in [-0.39, 0.29) is 36.9 Å². The average Bonchev–Trinajstić information content (AvgIpc) is 2.93. The number of imide groups is 1. The number of benzene rings is 1. The molecule has 1 aliphatic heterocycles. The van der Waals surface area contributed by atoms with Gasteiger partial charge in [-0.3, -0.25) is 14.5 Å². The smallest absolute Gasteiger partial charge is 0.325 e. The van der Waals surface area contributed by atoms with Crippen molar-refractivity contribution in [2.24, 2.45) is 0 Å². The van der Waals surface area contributed by atoms with Crippen molar-refractivity contribution < 1.29 is 14.4 Å². The van der Waals surface area contributed by atoms with E-state index in [4.69, 9.17) is 0 Å². The maximum atomic E-state index is 13.0. The monoisotopic (exact) mass is 463 g/mol. The molecule has 29 heavy (non-hydrogen) atoms. The lowest BCUT2D eigenvalue weighted by molar-refractivity contribution is -0.135. The van der Waals surface area contributed by atoms with Crippen molar-refractivity contribution in [1.29, 1.82) is 0 Å². The van der Waals surface area contributed by atoms with Crippen LogP contribution in [0, 0.1) is 0 Å². The Hall–Kier alpha value is -1.89. The molecule has 1 aromatic carbocycles. The number of rotatable bonds is 7. The first-order valence-electron chi connectivity index (χ1n) is 10.6. The minimum absolute atomic E-state index is 0.0414. The number of urea groups is 1. The lowest BCUT2D eigenvalue weighted by atomic mass is 9.82. The number of halogens is 1. The molecule has 1 atom stereocenters. The van der Waals surface area contributed by atoms with Gasteiger partial charge in [-0.15, -0.1) is 0 Å². The number of carbonyl (C=O) groups is 3. The van der Waals surface area contributed by atoms with Gasteiger partial charge in [0.25, 0.3) is 5.91 Å². The van der Waals surface area contributed by atoms with Crippen LogP contribution in [0.3, 0.4) is 0 Å². The highest BCUT2D eigenvalue weighted by atomic mass is 79.9. The summed E-state index contributed by atoms with van der Waals surface area (Å²) in [5.74, 6) is -0.198. The Morgan fingerprint density at radius 1 is 1.24 bits per heavy atom. The van der Waals surface area contributed by atoms with Gasteiger partial charge in [-0.25, -0.2) is 4.79 Å². The predicted octanol–water partition coefficient (Wildman–Crippen LogP) is 4.39. The number of hydrogen-bond acceptors (Lipinski definition) is 3. The van der Waals surface area contributed by atoms with E-state index in [9.17, 15) is 14.4 Å². The van der Waals surface area contributed by atoms with Gasteiger partial charge in [0.15, 0.2) is 0 Å². The number of hydrogen-bond donors (Lipinski definition) is 1. The molecule has 7 heteroatoms. The van der Waals surface area contributed by atoms with Crippen molar-refractivity contribution in [3.63, 3.8) is 0 Å². The highest BCUT2D eigenvalue weighted by Crippen LogP contribution is 2.34. The molecule has 2 fully saturated rings. The summed E-state index contributed by atoms with van der Waals surface area (Å²) in [5.41, 5.74) is 0.314. The fourth-order valence-corrected chi connectivity index (χ4v) is 5.10. The van der Waals surface area contributed by atoms with E-state index in [0.29, 0.717) is 19.4 Å². The molecule has 1 saturated heterocycles. The molecule has 6 nitrogen and oxygen atoms in total. The summed E-state index contributed by atoms with van der Waals surface area (Å²) in [7, 11) is 0. The zero-order valence-corrected chi connectivity index (χ0v) is 18.8. The van der Waals surface area contributed by atoms with Crippen molar-refractivity contribution in [1.82, 2.24) is 15.1 Å². The lowest BCUT2D eigenvalue weighted by Crippen LogP contribution is -2.48. The zero-order chi connectivity index (χ0) is 21.0. The Kier molecular flexibility index (Phi) is 6.98. The first-order chi connectivity index (χ1) is 13.9. The van der Waals surface area contributed by atoms with Gasteiger partial charge in [0.1, 0.15) is 5.54 Å². The number of carbonyl (C=O) groups excluding carboxylic acids is 3. The summed E-state index contributed by atoms with van der Waals surface area (Å²) < 4.78 is 0.967. The van der Waals surface area contributed by atoms with Crippen LogP contribution in [0.2, 0.25) is 0 Å². The molecule has 1 N–H and O–H groups in total. The van der Waals surface area contributed by atoms with Gasteiger partial charge in [-0.1, -0.05) is 60.3 Å². The molecule has 1 spiro atoms. The van der Waals surface area contributed by atoms with Crippen LogP contribution >= 0.6 is 15.9 Å². The first-order valence-corrected chi connectivity index (χ1v) is 11.4. The molecule has 4 amide bonds. The molecule has 1 saturated carbocycles. The number of amides is 4. The van der Waals surface area contributed by atoms with Crippen LogP contribution < -0.4 is 5.32 Å². The standard InChI is InChI=1S/C22H30BrN3O3/c1-3-14-25(16(2)17-9-5-6-10-18(17)23)19(27)11-15-26-20(28)22(24-21(26)29)12-7-4-8-13-22/h5-6,9-10,16H,3-4,7-8,11-15H2,1-2H3,(H,24,29). The van der Waals surface area contributed by atoms with E-state index < -0.39 is 5.54 Å². The van der Waals surface area contributed by atoms with E-state index in [2.05, 4.69) is 21.2 Å². The van der Waals surface area contributed by atoms with Crippen LogP contribution in [0.5, 0.6) is 0 Å². The van der Waals surface area contributed by atoms with Gasteiger partial charge < -0.3 is 10.2 Å². The second-order valence-electron chi connectivity index (χ2n) is 8.06. The topological polar surface area (TPSA) is 69.7 Å². The van der Waals surface area contributed by atoms with Crippen molar-refractivity contribution >= 4 is 33.8 Å². The Bertz CT molecular complexity index is 776. The largest absolute Gasteiger partial charge is 0.336 e. The van der Waals surface area contributed by atoms with Gasteiger partial charge >= 0.3 is 6.03 Å². The van der Waals surface area contributed by atoms with Gasteiger partial charge in [0.05, 0.1) is 6.04 Å². The van der Waals surface area contributed by atoms with Crippen LogP contribution in [-0.4, -0.2) is 46.3 Å². The maximum absolute atomic E-state index is 13.0. The fraction of sp³-hybridized carbons (Fsp3) is 0.591. The molecule has 1 heterocycles. The molecular weight excluding hydrogens is 434 g/mol. The summed E-state index contributed by atoms with van der Waals surface area (Å²) in [6.07, 6.45) is 5.38. The zero-order valence-electron chi connectivity index (χ0n) is 17.2. The maximum Gasteiger partial charge on any atom is 0.325 e. The van der Waals surface area contributed by atoms with Crippen molar-refractivity contribution in [2.75, 3.05) is 13.1 Å². The molecule has 0 aromatic heterocycles. The van der Waals surface area contributed by atoms with Crippen molar-refractivity contribution in [3.05, 3.63) is 34.3 Å². The third kappa shape index (κ3) is 4.49. The first kappa shape index (κ1) is 21.8. The molecule has 3 rings (SSSR count). The highest BCUT2D eigenvalue weighted by molar-refractivity contribution is 9.10. The number of nitrogens with one attached hydrogen (secondary N) is 1. The SMILES string of the molecule is CCCN(C(=O)CCN1C(=O)NC2(CCCCC2)C1=O)C(C)c1ccccc1Br. The minimum Gasteiger partial charge on any atom is -0.336 e. The van der Waals surface area contributed by atoms with Crippen LogP contribution in [0.4, 0.5) is 4.79 Å². The van der Waals surface area contributed by atoms with Crippen molar-refractivity contribution in [2.45, 2.75) is 70.4 Å². The molecule has 1 aromatic rings. The predicted molar refractivity (Wildman–Crippen MR) is 115 cm³/mol. The summed E-state index contributed by atoms with van der Waals surface area (Å²) in [4.78, 5) is 41.5. The average molecular weight is 464 g/mol. The van der Waals surface area contributed by atoms with Crippen LogP contribution in [0.15, 0.2) is 28.7 Å². The van der Waals surface area contributed by atoms with E-state index in [1.54, 1.807) is 0 Å². The van der Waals surface area contributed by atoms with Crippen LogP contribution in [0.1, 0.15) is 70.4 Å². The van der Waals surface area contributed by atoms with Gasteiger partial charge in [0, 0.05) is 24.0 Å². The summed E-state index contributed by atoms with van der Waals surface area (Å²) in [6.45, 7) is 4.81. The number of nitrogens with zero attached hydrogens (tertiary/aromatic N) is 2. The van der Waals surface area contributed by atoms with E-state index >= 15 is 0 Å². The molecule has 2 aliphatic rings. The molecular formula is C22H30BrN3O3. The van der Waals surface area contributed by atoms with Gasteiger partial charge in [-0.05, 0) is 37.8 Å². The summed E-state index contributed by atoms with van der Waals surface area (Å²) >= 11 is 3.57.